The second-order valence-corrected chi connectivity index (χ2v) is 6.91. The predicted octanol–water partition coefficient (Wildman–Crippen LogP) is 4.71. The van der Waals surface area contributed by atoms with Gasteiger partial charge in [-0.1, -0.05) is 38.8 Å². The normalized spacial score (nSPS) is 13.2. The van der Waals surface area contributed by atoms with Crippen LogP contribution in [0.5, 0.6) is 0 Å². The summed E-state index contributed by atoms with van der Waals surface area (Å²) in [6, 6.07) is 3.51. The van der Waals surface area contributed by atoms with Gasteiger partial charge in [0.2, 0.25) is 0 Å². The van der Waals surface area contributed by atoms with Crippen molar-refractivity contribution in [1.82, 2.24) is 4.90 Å². The highest BCUT2D eigenvalue weighted by Crippen LogP contribution is 2.35. The molecule has 2 nitrogen and oxygen atoms in total. The first-order valence-corrected chi connectivity index (χ1v) is 7.60. The molecule has 20 heavy (non-hydrogen) atoms. The summed E-state index contributed by atoms with van der Waals surface area (Å²) in [5.74, 6) is -0.420. The van der Waals surface area contributed by atoms with Crippen LogP contribution in [-0.4, -0.2) is 29.2 Å². The fourth-order valence-electron chi connectivity index (χ4n) is 1.57. The molecule has 0 heterocycles. The lowest BCUT2D eigenvalue weighted by Gasteiger charge is -2.19. The highest BCUT2D eigenvalue weighted by Gasteiger charge is 2.33. The molecule has 7 heteroatoms. The number of halogens is 5. The van der Waals surface area contributed by atoms with Crippen LogP contribution < -0.4 is 0 Å². The summed E-state index contributed by atoms with van der Waals surface area (Å²) in [6.07, 6.45) is -3.76. The lowest BCUT2D eigenvalue weighted by molar-refractivity contribution is -0.138. The fourth-order valence-corrected chi connectivity index (χ4v) is 2.25. The van der Waals surface area contributed by atoms with E-state index in [1.165, 1.54) is 17.0 Å². The summed E-state index contributed by atoms with van der Waals surface area (Å²) >= 11 is 6.21. The van der Waals surface area contributed by atoms with Crippen molar-refractivity contribution in [1.29, 1.82) is 0 Å². The van der Waals surface area contributed by atoms with Crippen LogP contribution >= 0.6 is 31.9 Å². The molecular formula is C13H14Br2F3NO. The van der Waals surface area contributed by atoms with Gasteiger partial charge in [0.05, 0.1) is 5.56 Å². The number of alkyl halides is 4. The van der Waals surface area contributed by atoms with Gasteiger partial charge in [0.25, 0.3) is 5.91 Å². The zero-order chi connectivity index (χ0) is 15.5. The van der Waals surface area contributed by atoms with Crippen molar-refractivity contribution in [3.63, 3.8) is 0 Å². The lowest BCUT2D eigenvalue weighted by Crippen LogP contribution is -2.29. The Kier molecular flexibility index (Phi) is 6.06. The van der Waals surface area contributed by atoms with E-state index in [1.807, 2.05) is 6.92 Å². The molecule has 0 spiro atoms. The van der Waals surface area contributed by atoms with Gasteiger partial charge in [0.15, 0.2) is 0 Å². The second kappa shape index (κ2) is 6.93. The van der Waals surface area contributed by atoms with Crippen molar-refractivity contribution in [3.05, 3.63) is 33.8 Å². The maximum Gasteiger partial charge on any atom is 0.417 e. The predicted molar refractivity (Wildman–Crippen MR) is 79.1 cm³/mol. The largest absolute Gasteiger partial charge is 0.417 e. The minimum absolute atomic E-state index is 0.0326. The minimum atomic E-state index is -4.49. The van der Waals surface area contributed by atoms with Gasteiger partial charge in [0.1, 0.15) is 0 Å². The van der Waals surface area contributed by atoms with Crippen LogP contribution in [0, 0.1) is 0 Å². The maximum absolute atomic E-state index is 12.8. The van der Waals surface area contributed by atoms with Crippen molar-refractivity contribution in [2.24, 2.45) is 0 Å². The van der Waals surface area contributed by atoms with E-state index in [1.54, 1.807) is 7.05 Å². The second-order valence-electron chi connectivity index (χ2n) is 4.49. The molecule has 0 aliphatic carbocycles. The van der Waals surface area contributed by atoms with Crippen molar-refractivity contribution in [2.45, 2.75) is 24.3 Å². The highest BCUT2D eigenvalue weighted by atomic mass is 79.9. The fraction of sp³-hybridized carbons (Fsp3) is 0.462. The van der Waals surface area contributed by atoms with Gasteiger partial charge in [-0.05, 0) is 24.6 Å². The SMILES string of the molecule is CC(Br)CCN(C)C(=O)c1ccc(Br)c(C(F)(F)F)c1. The van der Waals surface area contributed by atoms with Gasteiger partial charge < -0.3 is 4.90 Å². The van der Waals surface area contributed by atoms with E-state index in [9.17, 15) is 18.0 Å². The Hall–Kier alpha value is -0.560. The van der Waals surface area contributed by atoms with Crippen LogP contribution in [0.1, 0.15) is 29.3 Å². The highest BCUT2D eigenvalue weighted by molar-refractivity contribution is 9.10. The molecule has 1 atom stereocenters. The van der Waals surface area contributed by atoms with Crippen LogP contribution in [0.25, 0.3) is 0 Å². The summed E-state index contributed by atoms with van der Waals surface area (Å²) in [4.78, 5) is 13.7. The third-order valence-electron chi connectivity index (χ3n) is 2.73. The first kappa shape index (κ1) is 17.5. The minimum Gasteiger partial charge on any atom is -0.342 e. The van der Waals surface area contributed by atoms with E-state index in [0.717, 1.165) is 12.5 Å². The van der Waals surface area contributed by atoms with Crippen LogP contribution in [0.15, 0.2) is 22.7 Å². The van der Waals surface area contributed by atoms with E-state index < -0.39 is 17.6 Å². The van der Waals surface area contributed by atoms with E-state index in [0.29, 0.717) is 6.54 Å². The number of rotatable bonds is 4. The van der Waals surface area contributed by atoms with Crippen LogP contribution in [0.2, 0.25) is 0 Å². The quantitative estimate of drug-likeness (QED) is 0.650. The molecule has 1 amide bonds. The number of carbonyl (C=O) groups excluding carboxylic acids is 1. The Bertz CT molecular complexity index is 489. The molecule has 1 aromatic rings. The van der Waals surface area contributed by atoms with Crippen molar-refractivity contribution < 1.29 is 18.0 Å². The molecule has 0 N–H and O–H groups in total. The maximum atomic E-state index is 12.8. The van der Waals surface area contributed by atoms with Gasteiger partial charge in [-0.15, -0.1) is 0 Å². The number of nitrogens with zero attached hydrogens (tertiary/aromatic N) is 1. The summed E-state index contributed by atoms with van der Waals surface area (Å²) < 4.78 is 38.3. The summed E-state index contributed by atoms with van der Waals surface area (Å²) in [7, 11) is 1.58. The average molecular weight is 417 g/mol. The summed E-state index contributed by atoms with van der Waals surface area (Å²) in [5, 5.41) is 0. The zero-order valence-electron chi connectivity index (χ0n) is 11.0. The molecule has 0 saturated heterocycles. The lowest BCUT2D eigenvalue weighted by atomic mass is 10.1. The van der Waals surface area contributed by atoms with Gasteiger partial charge in [0, 0.05) is 28.5 Å². The molecule has 0 saturated carbocycles. The van der Waals surface area contributed by atoms with E-state index >= 15 is 0 Å². The Balaban J connectivity index is 2.94. The number of hydrogen-bond donors (Lipinski definition) is 0. The topological polar surface area (TPSA) is 20.3 Å². The zero-order valence-corrected chi connectivity index (χ0v) is 14.1. The van der Waals surface area contributed by atoms with Crippen LogP contribution in [0.3, 0.4) is 0 Å². The van der Waals surface area contributed by atoms with Crippen LogP contribution in [0.4, 0.5) is 13.2 Å². The van der Waals surface area contributed by atoms with Gasteiger partial charge in [-0.2, -0.15) is 13.2 Å². The van der Waals surface area contributed by atoms with Crippen LogP contribution in [-0.2, 0) is 6.18 Å². The number of carbonyl (C=O) groups is 1. The number of amides is 1. The molecule has 1 rings (SSSR count). The van der Waals surface area contributed by atoms with Gasteiger partial charge in [-0.25, -0.2) is 0 Å². The third kappa shape index (κ3) is 4.77. The Labute approximate surface area is 132 Å². The molecule has 1 aromatic carbocycles. The smallest absolute Gasteiger partial charge is 0.342 e. The van der Waals surface area contributed by atoms with E-state index in [-0.39, 0.29) is 14.9 Å². The van der Waals surface area contributed by atoms with Gasteiger partial charge >= 0.3 is 6.18 Å². The molecular weight excluding hydrogens is 403 g/mol. The number of hydrogen-bond acceptors (Lipinski definition) is 1. The van der Waals surface area contributed by atoms with Gasteiger partial charge in [-0.3, -0.25) is 4.79 Å². The number of benzene rings is 1. The molecule has 0 radical (unpaired) electrons. The molecule has 1 unspecified atom stereocenters. The first-order chi connectivity index (χ1) is 9.12. The van der Waals surface area contributed by atoms with Crippen molar-refractivity contribution >= 4 is 37.8 Å². The molecule has 112 valence electrons. The molecule has 0 aliphatic heterocycles. The summed E-state index contributed by atoms with van der Waals surface area (Å²) in [6.45, 7) is 2.42. The molecule has 0 aliphatic rings. The van der Waals surface area contributed by atoms with E-state index in [4.69, 9.17) is 0 Å². The summed E-state index contributed by atoms with van der Waals surface area (Å²) in [5.41, 5.74) is -0.809. The monoisotopic (exact) mass is 415 g/mol. The Morgan fingerprint density at radius 1 is 1.40 bits per heavy atom. The molecule has 0 aromatic heterocycles. The Morgan fingerprint density at radius 2 is 2.00 bits per heavy atom. The average Bonchev–Trinajstić information content (AvgIpc) is 2.34. The first-order valence-electron chi connectivity index (χ1n) is 5.89. The molecule has 0 fully saturated rings. The van der Waals surface area contributed by atoms with Crippen molar-refractivity contribution in [3.8, 4) is 0 Å². The van der Waals surface area contributed by atoms with E-state index in [2.05, 4.69) is 31.9 Å². The third-order valence-corrected chi connectivity index (χ3v) is 3.88. The standard InChI is InChI=1S/C13H14Br2F3NO/c1-8(14)5-6-19(2)12(20)9-3-4-11(15)10(7-9)13(16,17)18/h3-4,7-8H,5-6H2,1-2H3. The molecule has 0 bridgehead atoms. The Morgan fingerprint density at radius 3 is 2.50 bits per heavy atom. The van der Waals surface area contributed by atoms with Crippen molar-refractivity contribution in [2.75, 3.05) is 13.6 Å².